The molecule has 4 rings (SSSR count). The van der Waals surface area contributed by atoms with Crippen LogP contribution in [0.3, 0.4) is 0 Å². The zero-order valence-electron chi connectivity index (χ0n) is 13.9. The molecule has 0 atom stereocenters. The number of pyridine rings is 1. The van der Waals surface area contributed by atoms with Crippen LogP contribution in [0, 0.1) is 0 Å². The number of hydrogen-bond donors (Lipinski definition) is 2. The van der Waals surface area contributed by atoms with Crippen LogP contribution in [0.5, 0.6) is 0 Å². The Bertz CT molecular complexity index is 1070. The number of para-hydroxylation sites is 1. The molecule has 0 unspecified atom stereocenters. The van der Waals surface area contributed by atoms with Crippen LogP contribution in [0.25, 0.3) is 22.0 Å². The number of aromatic nitrogens is 2. The van der Waals surface area contributed by atoms with Gasteiger partial charge in [-0.3, -0.25) is 9.78 Å². The Morgan fingerprint density at radius 3 is 2.50 bits per heavy atom. The van der Waals surface area contributed by atoms with Crippen molar-refractivity contribution in [2.45, 2.75) is 0 Å². The number of carbonyl (C=O) groups is 1. The molecule has 0 aliphatic carbocycles. The Kier molecular flexibility index (Phi) is 4.26. The fourth-order valence-corrected chi connectivity index (χ4v) is 2.89. The number of hydrazone groups is 1. The summed E-state index contributed by atoms with van der Waals surface area (Å²) in [6.07, 6.45) is 4.94. The standard InChI is InChI=1S/C21H16N4O/c26-21(25-23-14-15-10-12-22-13-11-15)20-19(16-6-2-1-3-7-16)17-8-4-5-9-18(17)24-20/h1-14,24H,(H,25,26). The third-order valence-corrected chi connectivity index (χ3v) is 4.08. The number of amides is 1. The molecular formula is C21H16N4O. The summed E-state index contributed by atoms with van der Waals surface area (Å²) in [5.41, 5.74) is 6.71. The lowest BCUT2D eigenvalue weighted by Crippen LogP contribution is -2.18. The number of hydrogen-bond acceptors (Lipinski definition) is 3. The molecule has 26 heavy (non-hydrogen) atoms. The van der Waals surface area contributed by atoms with E-state index in [4.69, 9.17) is 0 Å². The van der Waals surface area contributed by atoms with Crippen LogP contribution in [-0.4, -0.2) is 22.1 Å². The highest BCUT2D eigenvalue weighted by Gasteiger charge is 2.18. The highest BCUT2D eigenvalue weighted by atomic mass is 16.2. The second-order valence-corrected chi connectivity index (χ2v) is 5.77. The molecule has 2 N–H and O–H groups in total. The van der Waals surface area contributed by atoms with Crippen molar-refractivity contribution in [2.24, 2.45) is 5.10 Å². The highest BCUT2D eigenvalue weighted by Crippen LogP contribution is 2.32. The summed E-state index contributed by atoms with van der Waals surface area (Å²) < 4.78 is 0. The molecule has 0 aliphatic rings. The van der Waals surface area contributed by atoms with E-state index in [1.807, 2.05) is 66.7 Å². The summed E-state index contributed by atoms with van der Waals surface area (Å²) in [5.74, 6) is -0.287. The second kappa shape index (κ2) is 7.03. The topological polar surface area (TPSA) is 70.1 Å². The minimum absolute atomic E-state index is 0.287. The lowest BCUT2D eigenvalue weighted by atomic mass is 10.0. The first-order chi connectivity index (χ1) is 12.8. The number of H-pyrrole nitrogens is 1. The van der Waals surface area contributed by atoms with Crippen molar-refractivity contribution in [3.63, 3.8) is 0 Å². The Labute approximate surface area is 150 Å². The molecule has 2 heterocycles. The Morgan fingerprint density at radius 1 is 0.962 bits per heavy atom. The summed E-state index contributed by atoms with van der Waals surface area (Å²) in [7, 11) is 0. The lowest BCUT2D eigenvalue weighted by Gasteiger charge is -2.04. The van der Waals surface area contributed by atoms with Gasteiger partial charge < -0.3 is 4.98 Å². The van der Waals surface area contributed by atoms with Gasteiger partial charge in [0.25, 0.3) is 5.91 Å². The van der Waals surface area contributed by atoms with Gasteiger partial charge in [0, 0.05) is 28.9 Å². The molecular weight excluding hydrogens is 324 g/mol. The van der Waals surface area contributed by atoms with Crippen LogP contribution >= 0.6 is 0 Å². The smallest absolute Gasteiger partial charge is 0.288 e. The van der Waals surface area contributed by atoms with Gasteiger partial charge in [-0.2, -0.15) is 5.10 Å². The molecule has 0 aliphatic heterocycles. The fraction of sp³-hybridized carbons (Fsp3) is 0. The van der Waals surface area contributed by atoms with E-state index in [1.165, 1.54) is 0 Å². The van der Waals surface area contributed by atoms with Crippen LogP contribution in [0.1, 0.15) is 16.1 Å². The van der Waals surface area contributed by atoms with Gasteiger partial charge in [0.1, 0.15) is 5.69 Å². The second-order valence-electron chi connectivity index (χ2n) is 5.77. The normalized spacial score (nSPS) is 11.1. The zero-order valence-corrected chi connectivity index (χ0v) is 13.9. The van der Waals surface area contributed by atoms with Gasteiger partial charge in [-0.1, -0.05) is 48.5 Å². The van der Waals surface area contributed by atoms with Crippen molar-refractivity contribution in [1.29, 1.82) is 0 Å². The van der Waals surface area contributed by atoms with E-state index >= 15 is 0 Å². The maximum absolute atomic E-state index is 12.7. The first-order valence-electron chi connectivity index (χ1n) is 8.22. The number of nitrogens with one attached hydrogen (secondary N) is 2. The van der Waals surface area contributed by atoms with Crippen LogP contribution in [0.2, 0.25) is 0 Å². The molecule has 5 nitrogen and oxygen atoms in total. The molecule has 0 spiro atoms. The molecule has 0 saturated heterocycles. The third-order valence-electron chi connectivity index (χ3n) is 4.08. The van der Waals surface area contributed by atoms with E-state index in [2.05, 4.69) is 20.5 Å². The minimum Gasteiger partial charge on any atom is -0.350 e. The largest absolute Gasteiger partial charge is 0.350 e. The molecule has 5 heteroatoms. The Balaban J connectivity index is 1.69. The first kappa shape index (κ1) is 15.8. The van der Waals surface area contributed by atoms with Crippen LogP contribution in [0.15, 0.2) is 84.2 Å². The number of nitrogens with zero attached hydrogens (tertiary/aromatic N) is 2. The van der Waals surface area contributed by atoms with Gasteiger partial charge in [0.15, 0.2) is 0 Å². The number of aromatic amines is 1. The molecule has 2 aromatic carbocycles. The van der Waals surface area contributed by atoms with Gasteiger partial charge in [0.05, 0.1) is 6.21 Å². The van der Waals surface area contributed by atoms with Gasteiger partial charge >= 0.3 is 0 Å². The highest BCUT2D eigenvalue weighted by molar-refractivity contribution is 6.09. The maximum Gasteiger partial charge on any atom is 0.288 e. The molecule has 126 valence electrons. The first-order valence-corrected chi connectivity index (χ1v) is 8.22. The predicted molar refractivity (Wildman–Crippen MR) is 103 cm³/mol. The van der Waals surface area contributed by atoms with Crippen molar-refractivity contribution in [3.05, 3.63) is 90.4 Å². The van der Waals surface area contributed by atoms with Gasteiger partial charge in [-0.15, -0.1) is 0 Å². The van der Waals surface area contributed by atoms with E-state index in [0.717, 1.165) is 27.6 Å². The van der Waals surface area contributed by atoms with Crippen molar-refractivity contribution >= 4 is 23.0 Å². The summed E-state index contributed by atoms with van der Waals surface area (Å²) in [5, 5.41) is 5.05. The Hall–Kier alpha value is -3.73. The molecule has 0 radical (unpaired) electrons. The van der Waals surface area contributed by atoms with Crippen LogP contribution < -0.4 is 5.43 Å². The number of fused-ring (bicyclic) bond motifs is 1. The van der Waals surface area contributed by atoms with Crippen LogP contribution in [-0.2, 0) is 0 Å². The van der Waals surface area contributed by atoms with E-state index in [1.54, 1.807) is 18.6 Å². The monoisotopic (exact) mass is 340 g/mol. The summed E-state index contributed by atoms with van der Waals surface area (Å²) in [4.78, 5) is 19.9. The number of benzene rings is 2. The molecule has 0 saturated carbocycles. The SMILES string of the molecule is O=C(NN=Cc1ccncc1)c1[nH]c2ccccc2c1-c1ccccc1. The van der Waals surface area contributed by atoms with Crippen molar-refractivity contribution in [1.82, 2.24) is 15.4 Å². The number of carbonyl (C=O) groups excluding carboxylic acids is 1. The summed E-state index contributed by atoms with van der Waals surface area (Å²) in [6.45, 7) is 0. The predicted octanol–water partition coefficient (Wildman–Crippen LogP) is 3.99. The quantitative estimate of drug-likeness (QED) is 0.435. The van der Waals surface area contributed by atoms with E-state index < -0.39 is 0 Å². The lowest BCUT2D eigenvalue weighted by molar-refractivity contribution is 0.0951. The van der Waals surface area contributed by atoms with E-state index in [0.29, 0.717) is 5.69 Å². The van der Waals surface area contributed by atoms with Gasteiger partial charge in [-0.05, 0) is 29.3 Å². The molecule has 2 aromatic heterocycles. The van der Waals surface area contributed by atoms with Gasteiger partial charge in [0.2, 0.25) is 0 Å². The summed E-state index contributed by atoms with van der Waals surface area (Å²) >= 11 is 0. The van der Waals surface area contributed by atoms with Crippen molar-refractivity contribution in [3.8, 4) is 11.1 Å². The zero-order chi connectivity index (χ0) is 17.8. The molecule has 0 fully saturated rings. The summed E-state index contributed by atoms with van der Waals surface area (Å²) in [6, 6.07) is 21.4. The fourth-order valence-electron chi connectivity index (χ4n) is 2.89. The minimum atomic E-state index is -0.287. The molecule has 4 aromatic rings. The third kappa shape index (κ3) is 3.10. The average Bonchev–Trinajstić information content (AvgIpc) is 3.09. The van der Waals surface area contributed by atoms with Crippen molar-refractivity contribution < 1.29 is 4.79 Å². The Morgan fingerprint density at radius 2 is 1.69 bits per heavy atom. The molecule has 1 amide bonds. The van der Waals surface area contributed by atoms with Gasteiger partial charge in [-0.25, -0.2) is 5.43 Å². The maximum atomic E-state index is 12.7. The molecule has 0 bridgehead atoms. The van der Waals surface area contributed by atoms with E-state index in [-0.39, 0.29) is 5.91 Å². The van der Waals surface area contributed by atoms with Crippen LogP contribution in [0.4, 0.5) is 0 Å². The number of rotatable bonds is 4. The average molecular weight is 340 g/mol. The van der Waals surface area contributed by atoms with E-state index in [9.17, 15) is 4.79 Å². The van der Waals surface area contributed by atoms with Crippen molar-refractivity contribution in [2.75, 3.05) is 0 Å².